The standard InChI is InChI=1S/C19H40O2/c1-3-5-15-19(21)17-14-12-10-8-6-7-9-11-13-16-18(20)4-2/h18-21H,3-17H2,1-2H3. The van der Waals surface area contributed by atoms with Gasteiger partial charge in [-0.1, -0.05) is 84.5 Å². The molecule has 0 bridgehead atoms. The van der Waals surface area contributed by atoms with Gasteiger partial charge in [0.1, 0.15) is 0 Å². The van der Waals surface area contributed by atoms with Gasteiger partial charge in [-0.15, -0.1) is 0 Å². The number of hydrogen-bond acceptors (Lipinski definition) is 2. The summed E-state index contributed by atoms with van der Waals surface area (Å²) >= 11 is 0. The minimum absolute atomic E-state index is 0.0524. The van der Waals surface area contributed by atoms with E-state index in [9.17, 15) is 10.2 Å². The van der Waals surface area contributed by atoms with Gasteiger partial charge in [0, 0.05) is 0 Å². The molecule has 2 atom stereocenters. The molecule has 0 aliphatic heterocycles. The van der Waals surface area contributed by atoms with Crippen LogP contribution < -0.4 is 0 Å². The van der Waals surface area contributed by atoms with Crippen LogP contribution in [-0.2, 0) is 0 Å². The van der Waals surface area contributed by atoms with Crippen molar-refractivity contribution >= 4 is 0 Å². The van der Waals surface area contributed by atoms with E-state index in [-0.39, 0.29) is 12.2 Å². The quantitative estimate of drug-likeness (QED) is 0.364. The van der Waals surface area contributed by atoms with E-state index in [0.717, 1.165) is 32.1 Å². The lowest BCUT2D eigenvalue weighted by Gasteiger charge is -2.09. The highest BCUT2D eigenvalue weighted by Crippen LogP contribution is 2.14. The lowest BCUT2D eigenvalue weighted by Crippen LogP contribution is -2.05. The van der Waals surface area contributed by atoms with E-state index in [4.69, 9.17) is 0 Å². The van der Waals surface area contributed by atoms with E-state index in [0.29, 0.717) is 0 Å². The summed E-state index contributed by atoms with van der Waals surface area (Å²) in [7, 11) is 0. The van der Waals surface area contributed by atoms with Crippen molar-refractivity contribution in [1.29, 1.82) is 0 Å². The maximum atomic E-state index is 9.74. The van der Waals surface area contributed by atoms with Gasteiger partial charge >= 0.3 is 0 Å². The van der Waals surface area contributed by atoms with E-state index >= 15 is 0 Å². The first kappa shape index (κ1) is 20.9. The third-order valence-corrected chi connectivity index (χ3v) is 4.44. The predicted molar refractivity (Wildman–Crippen MR) is 92.6 cm³/mol. The number of aliphatic hydroxyl groups excluding tert-OH is 2. The summed E-state index contributed by atoms with van der Waals surface area (Å²) in [5.41, 5.74) is 0. The van der Waals surface area contributed by atoms with E-state index < -0.39 is 0 Å². The number of hydrogen-bond donors (Lipinski definition) is 2. The van der Waals surface area contributed by atoms with Crippen LogP contribution >= 0.6 is 0 Å². The lowest BCUT2D eigenvalue weighted by molar-refractivity contribution is 0.148. The molecule has 0 amide bonds. The van der Waals surface area contributed by atoms with Gasteiger partial charge in [-0.2, -0.15) is 0 Å². The first-order valence-corrected chi connectivity index (χ1v) is 9.56. The summed E-state index contributed by atoms with van der Waals surface area (Å²) in [5.74, 6) is 0. The first-order valence-electron chi connectivity index (χ1n) is 9.56. The molecule has 2 nitrogen and oxygen atoms in total. The average Bonchev–Trinajstić information content (AvgIpc) is 2.50. The van der Waals surface area contributed by atoms with Crippen LogP contribution in [0.25, 0.3) is 0 Å². The fraction of sp³-hybridized carbons (Fsp3) is 1.00. The highest BCUT2D eigenvalue weighted by molar-refractivity contribution is 4.57. The molecule has 0 aliphatic carbocycles. The van der Waals surface area contributed by atoms with Crippen LogP contribution in [0.2, 0.25) is 0 Å². The van der Waals surface area contributed by atoms with Crippen LogP contribution in [0.4, 0.5) is 0 Å². The highest BCUT2D eigenvalue weighted by atomic mass is 16.3. The van der Waals surface area contributed by atoms with Crippen molar-refractivity contribution in [2.24, 2.45) is 0 Å². The van der Waals surface area contributed by atoms with Crippen molar-refractivity contribution in [3.63, 3.8) is 0 Å². The van der Waals surface area contributed by atoms with Crippen LogP contribution in [0, 0.1) is 0 Å². The topological polar surface area (TPSA) is 40.5 Å². The first-order chi connectivity index (χ1) is 10.2. The van der Waals surface area contributed by atoms with Crippen molar-refractivity contribution in [3.05, 3.63) is 0 Å². The van der Waals surface area contributed by atoms with Gasteiger partial charge in [0.25, 0.3) is 0 Å². The third kappa shape index (κ3) is 16.1. The van der Waals surface area contributed by atoms with Crippen molar-refractivity contribution in [2.75, 3.05) is 0 Å². The zero-order valence-electron chi connectivity index (χ0n) is 14.7. The molecule has 0 aromatic heterocycles. The zero-order chi connectivity index (χ0) is 15.8. The fourth-order valence-electron chi connectivity index (χ4n) is 2.79. The van der Waals surface area contributed by atoms with Crippen molar-refractivity contribution in [1.82, 2.24) is 0 Å². The molecule has 0 aromatic carbocycles. The minimum Gasteiger partial charge on any atom is -0.393 e. The van der Waals surface area contributed by atoms with Crippen LogP contribution in [0.5, 0.6) is 0 Å². The van der Waals surface area contributed by atoms with Crippen LogP contribution in [0.15, 0.2) is 0 Å². The largest absolute Gasteiger partial charge is 0.393 e. The van der Waals surface area contributed by atoms with E-state index in [1.165, 1.54) is 64.2 Å². The number of rotatable bonds is 16. The molecular formula is C19H40O2. The Kier molecular flexibility index (Phi) is 16.2. The Morgan fingerprint density at radius 3 is 1.33 bits per heavy atom. The third-order valence-electron chi connectivity index (χ3n) is 4.44. The summed E-state index contributed by atoms with van der Waals surface area (Å²) in [6, 6.07) is 0. The summed E-state index contributed by atoms with van der Waals surface area (Å²) in [4.78, 5) is 0. The summed E-state index contributed by atoms with van der Waals surface area (Å²) in [6.45, 7) is 4.23. The second-order valence-electron chi connectivity index (χ2n) is 6.62. The normalized spacial score (nSPS) is 14.3. The van der Waals surface area contributed by atoms with Crippen LogP contribution in [0.1, 0.15) is 110 Å². The Hall–Kier alpha value is -0.0800. The molecule has 0 radical (unpaired) electrons. The monoisotopic (exact) mass is 300 g/mol. The van der Waals surface area contributed by atoms with Crippen molar-refractivity contribution in [3.8, 4) is 0 Å². The smallest absolute Gasteiger partial charge is 0.0540 e. The Labute approximate surface area is 133 Å². The molecule has 2 unspecified atom stereocenters. The average molecular weight is 301 g/mol. The Morgan fingerprint density at radius 2 is 0.905 bits per heavy atom. The summed E-state index contributed by atoms with van der Waals surface area (Å²) < 4.78 is 0. The Morgan fingerprint density at radius 1 is 0.524 bits per heavy atom. The van der Waals surface area contributed by atoms with Gasteiger partial charge < -0.3 is 10.2 Å². The summed E-state index contributed by atoms with van der Waals surface area (Å²) in [6.07, 6.45) is 17.7. The van der Waals surface area contributed by atoms with Crippen LogP contribution in [-0.4, -0.2) is 22.4 Å². The maximum Gasteiger partial charge on any atom is 0.0540 e. The van der Waals surface area contributed by atoms with Gasteiger partial charge in [-0.3, -0.25) is 0 Å². The molecule has 2 heteroatoms. The van der Waals surface area contributed by atoms with Crippen molar-refractivity contribution in [2.45, 2.75) is 122 Å². The highest BCUT2D eigenvalue weighted by Gasteiger charge is 2.02. The fourth-order valence-corrected chi connectivity index (χ4v) is 2.79. The molecule has 0 saturated carbocycles. The molecule has 21 heavy (non-hydrogen) atoms. The van der Waals surface area contributed by atoms with E-state index in [2.05, 4.69) is 6.92 Å². The molecule has 0 fully saturated rings. The van der Waals surface area contributed by atoms with Gasteiger partial charge in [-0.05, 0) is 25.7 Å². The van der Waals surface area contributed by atoms with Crippen molar-refractivity contribution < 1.29 is 10.2 Å². The van der Waals surface area contributed by atoms with Gasteiger partial charge in [-0.25, -0.2) is 0 Å². The van der Waals surface area contributed by atoms with E-state index in [1.807, 2.05) is 6.92 Å². The Bertz CT molecular complexity index is 194. The molecule has 2 N–H and O–H groups in total. The summed E-state index contributed by atoms with van der Waals surface area (Å²) in [5, 5.41) is 19.2. The zero-order valence-corrected chi connectivity index (χ0v) is 14.7. The number of unbranched alkanes of at least 4 members (excludes halogenated alkanes) is 9. The SMILES string of the molecule is CCCCC(O)CCCCCCCCCCCC(O)CC. The molecule has 0 aromatic rings. The van der Waals surface area contributed by atoms with E-state index in [1.54, 1.807) is 0 Å². The molecule has 0 aliphatic rings. The Balaban J connectivity index is 3.09. The minimum atomic E-state index is -0.0716. The molecule has 0 rings (SSSR count). The van der Waals surface area contributed by atoms with Gasteiger partial charge in [0.05, 0.1) is 12.2 Å². The number of aliphatic hydroxyl groups is 2. The van der Waals surface area contributed by atoms with Crippen LogP contribution in [0.3, 0.4) is 0 Å². The molecule has 128 valence electrons. The molecule has 0 saturated heterocycles. The van der Waals surface area contributed by atoms with Gasteiger partial charge in [0.2, 0.25) is 0 Å². The molecular weight excluding hydrogens is 260 g/mol. The predicted octanol–water partition coefficient (Wildman–Crippen LogP) is 5.60. The van der Waals surface area contributed by atoms with Gasteiger partial charge in [0.15, 0.2) is 0 Å². The second-order valence-corrected chi connectivity index (χ2v) is 6.62. The maximum absolute atomic E-state index is 9.74. The second kappa shape index (κ2) is 16.3. The molecule has 0 spiro atoms. The molecule has 0 heterocycles. The lowest BCUT2D eigenvalue weighted by atomic mass is 10.0.